The van der Waals surface area contributed by atoms with Gasteiger partial charge in [0.2, 0.25) is 0 Å². The summed E-state index contributed by atoms with van der Waals surface area (Å²) in [4.78, 5) is 0. The van der Waals surface area contributed by atoms with Crippen molar-refractivity contribution in [3.63, 3.8) is 0 Å². The highest BCUT2D eigenvalue weighted by molar-refractivity contribution is 5.38. The highest BCUT2D eigenvalue weighted by Crippen LogP contribution is 2.25. The predicted octanol–water partition coefficient (Wildman–Crippen LogP) is 2.21. The van der Waals surface area contributed by atoms with E-state index in [0.29, 0.717) is 11.3 Å². The van der Waals surface area contributed by atoms with Gasteiger partial charge in [0, 0.05) is 18.7 Å². The molecule has 1 unspecified atom stereocenters. The molecule has 1 atom stereocenters. The summed E-state index contributed by atoms with van der Waals surface area (Å²) in [5.41, 5.74) is 1.62. The third-order valence-corrected chi connectivity index (χ3v) is 2.77. The zero-order chi connectivity index (χ0) is 15.9. The average Bonchev–Trinajstić information content (AvgIpc) is 2.41. The fourth-order valence-electron chi connectivity index (χ4n) is 1.80. The lowest BCUT2D eigenvalue weighted by atomic mass is 10.1. The van der Waals surface area contributed by atoms with Crippen molar-refractivity contribution < 1.29 is 27.8 Å². The fourth-order valence-corrected chi connectivity index (χ4v) is 1.80. The van der Waals surface area contributed by atoms with Crippen molar-refractivity contribution in [3.05, 3.63) is 29.3 Å². The predicted molar refractivity (Wildman–Crippen MR) is 72.4 cm³/mol. The first kappa shape index (κ1) is 17.7. The van der Waals surface area contributed by atoms with E-state index in [1.54, 1.807) is 6.07 Å². The Bertz CT molecular complexity index is 438. The molecule has 2 N–H and O–H groups in total. The van der Waals surface area contributed by atoms with Gasteiger partial charge in [-0.05, 0) is 19.1 Å². The topological polar surface area (TPSA) is 50.7 Å². The van der Waals surface area contributed by atoms with Crippen LogP contribution in [0.1, 0.15) is 17.2 Å². The van der Waals surface area contributed by atoms with E-state index >= 15 is 0 Å². The Labute approximate surface area is 121 Å². The molecule has 0 aliphatic carbocycles. The van der Waals surface area contributed by atoms with Crippen molar-refractivity contribution in [3.8, 4) is 5.75 Å². The second-order valence-electron chi connectivity index (χ2n) is 4.63. The molecule has 0 spiro atoms. The van der Waals surface area contributed by atoms with Crippen LogP contribution in [-0.2, 0) is 4.74 Å². The monoisotopic (exact) mass is 307 g/mol. The van der Waals surface area contributed by atoms with Gasteiger partial charge < -0.3 is 19.9 Å². The van der Waals surface area contributed by atoms with Crippen LogP contribution in [0.5, 0.6) is 5.75 Å². The van der Waals surface area contributed by atoms with E-state index in [9.17, 15) is 18.3 Å². The minimum Gasteiger partial charge on any atom is -0.496 e. The number of aliphatic hydroxyl groups excluding tert-OH is 1. The van der Waals surface area contributed by atoms with Crippen LogP contribution in [0.25, 0.3) is 0 Å². The van der Waals surface area contributed by atoms with Gasteiger partial charge in [0.1, 0.15) is 12.4 Å². The fraction of sp³-hybridized carbons (Fsp3) is 0.571. The SMILES string of the molecule is COc1ccc(C)cc1C(O)CNCCOCC(F)(F)F. The van der Waals surface area contributed by atoms with Gasteiger partial charge >= 0.3 is 6.18 Å². The van der Waals surface area contributed by atoms with E-state index in [1.807, 2.05) is 19.1 Å². The van der Waals surface area contributed by atoms with Crippen LogP contribution in [0.3, 0.4) is 0 Å². The highest BCUT2D eigenvalue weighted by Gasteiger charge is 2.27. The van der Waals surface area contributed by atoms with Crippen LogP contribution in [0.15, 0.2) is 18.2 Å². The number of halogens is 3. The number of aliphatic hydroxyl groups is 1. The minimum atomic E-state index is -4.31. The van der Waals surface area contributed by atoms with Gasteiger partial charge in [-0.3, -0.25) is 0 Å². The van der Waals surface area contributed by atoms with E-state index in [-0.39, 0.29) is 19.7 Å². The van der Waals surface area contributed by atoms with E-state index in [2.05, 4.69) is 10.1 Å². The summed E-state index contributed by atoms with van der Waals surface area (Å²) in [6.07, 6.45) is -5.11. The van der Waals surface area contributed by atoms with Gasteiger partial charge in [0.15, 0.2) is 0 Å². The molecular weight excluding hydrogens is 287 g/mol. The number of aryl methyl sites for hydroxylation is 1. The summed E-state index contributed by atoms with van der Waals surface area (Å²) in [5.74, 6) is 0.572. The second kappa shape index (κ2) is 8.21. The number of hydrogen-bond acceptors (Lipinski definition) is 4. The zero-order valence-corrected chi connectivity index (χ0v) is 12.0. The number of alkyl halides is 3. The number of ether oxygens (including phenoxy) is 2. The third kappa shape index (κ3) is 6.79. The van der Waals surface area contributed by atoms with Crippen molar-refractivity contribution in [2.75, 3.05) is 33.4 Å². The molecule has 0 fully saturated rings. The van der Waals surface area contributed by atoms with Crippen LogP contribution in [0, 0.1) is 6.92 Å². The summed E-state index contributed by atoms with van der Waals surface area (Å²) in [7, 11) is 1.51. The molecule has 0 amide bonds. The Morgan fingerprint density at radius 2 is 2.05 bits per heavy atom. The molecule has 0 saturated carbocycles. The van der Waals surface area contributed by atoms with Crippen molar-refractivity contribution in [1.82, 2.24) is 5.32 Å². The van der Waals surface area contributed by atoms with Gasteiger partial charge in [-0.15, -0.1) is 0 Å². The summed E-state index contributed by atoms with van der Waals surface area (Å²) >= 11 is 0. The van der Waals surface area contributed by atoms with Crippen molar-refractivity contribution >= 4 is 0 Å². The average molecular weight is 307 g/mol. The van der Waals surface area contributed by atoms with Gasteiger partial charge in [-0.1, -0.05) is 11.6 Å². The molecule has 0 bridgehead atoms. The molecule has 0 aliphatic rings. The summed E-state index contributed by atoms with van der Waals surface area (Å²) in [6, 6.07) is 5.44. The van der Waals surface area contributed by atoms with E-state index in [0.717, 1.165) is 5.56 Å². The largest absolute Gasteiger partial charge is 0.496 e. The Morgan fingerprint density at radius 3 is 2.67 bits per heavy atom. The van der Waals surface area contributed by atoms with Gasteiger partial charge in [0.05, 0.1) is 19.8 Å². The number of methoxy groups -OCH3 is 1. The molecule has 0 radical (unpaired) electrons. The number of benzene rings is 1. The molecule has 1 aromatic carbocycles. The van der Waals surface area contributed by atoms with E-state index in [4.69, 9.17) is 4.74 Å². The van der Waals surface area contributed by atoms with E-state index < -0.39 is 18.9 Å². The molecule has 0 heterocycles. The Morgan fingerprint density at radius 1 is 1.33 bits per heavy atom. The molecule has 21 heavy (non-hydrogen) atoms. The highest BCUT2D eigenvalue weighted by atomic mass is 19.4. The molecule has 7 heteroatoms. The molecule has 1 aromatic rings. The summed E-state index contributed by atoms with van der Waals surface area (Å²) in [5, 5.41) is 12.9. The Hall–Kier alpha value is -1.31. The molecule has 1 rings (SSSR count). The number of hydrogen-bond donors (Lipinski definition) is 2. The zero-order valence-electron chi connectivity index (χ0n) is 12.0. The maximum absolute atomic E-state index is 11.8. The second-order valence-corrected chi connectivity index (χ2v) is 4.63. The van der Waals surface area contributed by atoms with E-state index in [1.165, 1.54) is 7.11 Å². The van der Waals surface area contributed by atoms with Gasteiger partial charge in [-0.25, -0.2) is 0 Å². The molecule has 4 nitrogen and oxygen atoms in total. The first-order valence-electron chi connectivity index (χ1n) is 6.51. The Balaban J connectivity index is 2.34. The Kier molecular flexibility index (Phi) is 6.94. The standard InChI is InChI=1S/C14H20F3NO3/c1-10-3-4-13(20-2)11(7-10)12(19)8-18-5-6-21-9-14(15,16)17/h3-4,7,12,18-19H,5-6,8-9H2,1-2H3. The normalized spacial score (nSPS) is 13.2. The lowest BCUT2D eigenvalue weighted by molar-refractivity contribution is -0.173. The van der Waals surface area contributed by atoms with Crippen LogP contribution in [0.4, 0.5) is 13.2 Å². The van der Waals surface area contributed by atoms with Crippen molar-refractivity contribution in [2.24, 2.45) is 0 Å². The smallest absolute Gasteiger partial charge is 0.411 e. The van der Waals surface area contributed by atoms with Crippen molar-refractivity contribution in [2.45, 2.75) is 19.2 Å². The molecular formula is C14H20F3NO3. The first-order valence-corrected chi connectivity index (χ1v) is 6.51. The molecule has 120 valence electrons. The summed E-state index contributed by atoms with van der Waals surface area (Å²) in [6.45, 7) is 0.991. The maximum atomic E-state index is 11.8. The maximum Gasteiger partial charge on any atom is 0.411 e. The van der Waals surface area contributed by atoms with Crippen LogP contribution in [0.2, 0.25) is 0 Å². The van der Waals surface area contributed by atoms with Gasteiger partial charge in [0.25, 0.3) is 0 Å². The van der Waals surface area contributed by atoms with Gasteiger partial charge in [-0.2, -0.15) is 13.2 Å². The number of rotatable bonds is 8. The lowest BCUT2D eigenvalue weighted by Crippen LogP contribution is -2.27. The van der Waals surface area contributed by atoms with Crippen LogP contribution in [-0.4, -0.2) is 44.7 Å². The number of nitrogens with one attached hydrogen (secondary N) is 1. The molecule has 0 aromatic heterocycles. The van der Waals surface area contributed by atoms with Crippen LogP contribution < -0.4 is 10.1 Å². The molecule has 0 aliphatic heterocycles. The first-order chi connectivity index (χ1) is 9.83. The minimum absolute atomic E-state index is 0.0722. The lowest BCUT2D eigenvalue weighted by Gasteiger charge is -2.16. The quantitative estimate of drug-likeness (QED) is 0.723. The van der Waals surface area contributed by atoms with Crippen molar-refractivity contribution in [1.29, 1.82) is 0 Å². The molecule has 0 saturated heterocycles. The van der Waals surface area contributed by atoms with Crippen LogP contribution >= 0.6 is 0 Å². The summed E-state index contributed by atoms with van der Waals surface area (Å²) < 4.78 is 45.1. The third-order valence-electron chi connectivity index (χ3n) is 2.77.